The predicted molar refractivity (Wildman–Crippen MR) is 271 cm³/mol. The molecule has 2 aliphatic carbocycles. The lowest BCUT2D eigenvalue weighted by Gasteiger charge is -2.28. The number of aliphatic carboxylic acids is 1. The number of carboxylic acid groups (broad SMARTS) is 1. The first-order valence-electron chi connectivity index (χ1n) is 27.5. The van der Waals surface area contributed by atoms with Crippen LogP contribution in [0.2, 0.25) is 0 Å². The molecule has 66 heavy (non-hydrogen) atoms. The molecule has 1 N–H and O–H groups in total. The van der Waals surface area contributed by atoms with Gasteiger partial charge in [0.25, 0.3) is 0 Å². The summed E-state index contributed by atoms with van der Waals surface area (Å²) < 4.78 is 30.7. The third-order valence-electron chi connectivity index (χ3n) is 13.8. The van der Waals surface area contributed by atoms with Crippen LogP contribution in [0.15, 0.2) is 0 Å². The molecule has 0 aromatic carbocycles. The van der Waals surface area contributed by atoms with E-state index in [1.807, 2.05) is 23.5 Å². The van der Waals surface area contributed by atoms with Gasteiger partial charge in [-0.25, -0.2) is 0 Å². The normalized spacial score (nSPS) is 20.2. The van der Waals surface area contributed by atoms with Crippen molar-refractivity contribution in [2.75, 3.05) is 24.7 Å². The second kappa shape index (κ2) is 38.3. The topological polar surface area (TPSA) is 135 Å². The van der Waals surface area contributed by atoms with Crippen molar-refractivity contribution < 1.29 is 48.0 Å². The Morgan fingerprint density at radius 2 is 0.985 bits per heavy atom. The van der Waals surface area contributed by atoms with Gasteiger partial charge in [-0.3, -0.25) is 19.2 Å². The fourth-order valence-electron chi connectivity index (χ4n) is 9.68. The summed E-state index contributed by atoms with van der Waals surface area (Å²) in [7, 11) is 0. The molecular weight excluding hydrogens is 873 g/mol. The van der Waals surface area contributed by atoms with Gasteiger partial charge in [0.1, 0.15) is 24.9 Å². The molecule has 3 rings (SSSR count). The highest BCUT2D eigenvalue weighted by Gasteiger charge is 2.41. The molecule has 10 nitrogen and oxygen atoms in total. The van der Waals surface area contributed by atoms with Gasteiger partial charge in [0.2, 0.25) is 0 Å². The van der Waals surface area contributed by atoms with Crippen LogP contribution in [-0.4, -0.2) is 88.3 Å². The van der Waals surface area contributed by atoms with E-state index in [1.54, 1.807) is 0 Å². The zero-order chi connectivity index (χ0) is 47.3. The van der Waals surface area contributed by atoms with E-state index in [-0.39, 0.29) is 49.7 Å². The number of ether oxygens (including phenoxy) is 5. The molecule has 3 aliphatic rings. The Hall–Kier alpha value is -1.50. The van der Waals surface area contributed by atoms with Crippen LogP contribution in [0.4, 0.5) is 0 Å². The fraction of sp³-hybridized carbons (Fsp3) is 0.926. The molecule has 0 amide bonds. The molecule has 384 valence electrons. The van der Waals surface area contributed by atoms with Gasteiger partial charge in [-0.2, -0.15) is 23.5 Å². The van der Waals surface area contributed by atoms with E-state index < -0.39 is 17.7 Å². The van der Waals surface area contributed by atoms with Crippen molar-refractivity contribution in [2.45, 2.75) is 292 Å². The number of carboxylic acids is 1. The minimum absolute atomic E-state index is 0.0283. The van der Waals surface area contributed by atoms with Crippen molar-refractivity contribution in [1.29, 1.82) is 0 Å². The number of rotatable bonds is 41. The second-order valence-electron chi connectivity index (χ2n) is 19.9. The summed E-state index contributed by atoms with van der Waals surface area (Å²) in [5, 5.41) is 10.4. The monoisotopic (exact) mass is 969 g/mol. The highest BCUT2D eigenvalue weighted by molar-refractivity contribution is 8.00. The van der Waals surface area contributed by atoms with Crippen LogP contribution in [0.3, 0.4) is 0 Å². The van der Waals surface area contributed by atoms with E-state index in [4.69, 9.17) is 28.8 Å². The van der Waals surface area contributed by atoms with Crippen molar-refractivity contribution in [3.8, 4) is 0 Å². The molecule has 3 fully saturated rings. The largest absolute Gasteiger partial charge is 0.481 e. The average Bonchev–Trinajstić information content (AvgIpc) is 3.73. The minimum Gasteiger partial charge on any atom is -0.481 e. The van der Waals surface area contributed by atoms with E-state index in [2.05, 4.69) is 13.8 Å². The van der Waals surface area contributed by atoms with Crippen LogP contribution in [0.1, 0.15) is 258 Å². The first-order valence-corrected chi connectivity index (χ1v) is 29.6. The number of unbranched alkanes of at least 4 members (excludes halogenated alkanes) is 16. The Morgan fingerprint density at radius 1 is 0.545 bits per heavy atom. The molecular formula is C54H96O10S2. The number of hydrogen-bond acceptors (Lipinski definition) is 11. The van der Waals surface area contributed by atoms with Gasteiger partial charge in [0, 0.05) is 47.7 Å². The van der Waals surface area contributed by atoms with Crippen LogP contribution in [0, 0.1) is 0 Å². The molecule has 0 aromatic rings. The summed E-state index contributed by atoms with van der Waals surface area (Å²) in [6.07, 6.45) is 38.5. The van der Waals surface area contributed by atoms with Gasteiger partial charge in [0.05, 0.1) is 19.4 Å². The number of esters is 3. The summed E-state index contributed by atoms with van der Waals surface area (Å²) in [4.78, 5) is 49.0. The third-order valence-corrected chi connectivity index (χ3v) is 16.8. The van der Waals surface area contributed by atoms with E-state index in [1.165, 1.54) is 116 Å². The smallest absolute Gasteiger partial charge is 0.306 e. The molecule has 1 heterocycles. The van der Waals surface area contributed by atoms with Gasteiger partial charge in [0.15, 0.2) is 5.79 Å². The predicted octanol–water partition coefficient (Wildman–Crippen LogP) is 14.6. The Bertz CT molecular complexity index is 1190. The van der Waals surface area contributed by atoms with Crippen molar-refractivity contribution in [1.82, 2.24) is 0 Å². The lowest BCUT2D eigenvalue weighted by Crippen LogP contribution is -2.32. The molecule has 3 unspecified atom stereocenters. The Labute approximate surface area is 410 Å². The van der Waals surface area contributed by atoms with Gasteiger partial charge in [-0.1, -0.05) is 142 Å². The molecule has 1 saturated heterocycles. The Morgan fingerprint density at radius 3 is 1.45 bits per heavy atom. The molecule has 0 spiro atoms. The second-order valence-corrected chi connectivity index (χ2v) is 22.6. The number of thioether (sulfide) groups is 2. The van der Waals surface area contributed by atoms with E-state index in [0.29, 0.717) is 29.9 Å². The number of carbonyl (C=O) groups is 4. The quantitative estimate of drug-likeness (QED) is 0.0355. The summed E-state index contributed by atoms with van der Waals surface area (Å²) in [5.41, 5.74) is 0. The SMILES string of the molecule is CCCCCCCCC(=O)OC(CCCCCCC1(CCCCCCC(CSC2CCCCC2)OC(=O)CCCCCCCC)OCC(COC(=O)CCC(=O)O)O1)CSC1CCCCC1. The summed E-state index contributed by atoms with van der Waals surface area (Å²) in [6, 6.07) is 0. The van der Waals surface area contributed by atoms with Crippen LogP contribution >= 0.6 is 23.5 Å². The van der Waals surface area contributed by atoms with E-state index >= 15 is 0 Å². The molecule has 0 aromatic heterocycles. The number of hydrogen-bond donors (Lipinski definition) is 1. The summed E-state index contributed by atoms with van der Waals surface area (Å²) >= 11 is 4.04. The maximum absolute atomic E-state index is 12.9. The van der Waals surface area contributed by atoms with Crippen LogP contribution < -0.4 is 0 Å². The highest BCUT2D eigenvalue weighted by Crippen LogP contribution is 2.36. The fourth-order valence-corrected chi connectivity index (χ4v) is 12.5. The Kier molecular flexibility index (Phi) is 34.1. The van der Waals surface area contributed by atoms with Crippen LogP contribution in [-0.2, 0) is 42.9 Å². The van der Waals surface area contributed by atoms with Crippen molar-refractivity contribution >= 4 is 47.4 Å². The van der Waals surface area contributed by atoms with Crippen molar-refractivity contribution in [3.63, 3.8) is 0 Å². The first-order chi connectivity index (χ1) is 32.2. The maximum Gasteiger partial charge on any atom is 0.306 e. The van der Waals surface area contributed by atoms with Gasteiger partial charge < -0.3 is 28.8 Å². The lowest BCUT2D eigenvalue weighted by molar-refractivity contribution is -0.186. The third kappa shape index (κ3) is 29.5. The van der Waals surface area contributed by atoms with E-state index in [0.717, 1.165) is 114 Å². The van der Waals surface area contributed by atoms with Crippen LogP contribution in [0.5, 0.6) is 0 Å². The maximum atomic E-state index is 12.9. The standard InChI is InChI=1S/C54H96O10S2/c1-3-5-7-9-11-25-35-52(58)62-45(43-65-48-31-21-17-22-32-48)29-19-13-15-27-39-54(61-42-47(64-54)41-60-51(57)38-37-50(55)56)40-28-16-14-20-30-46(44-66-49-33-23-18-24-34-49)63-53(59)36-26-12-10-8-6-4-2/h45-49H,3-44H2,1-2H3,(H,55,56). The highest BCUT2D eigenvalue weighted by atomic mass is 32.2. The van der Waals surface area contributed by atoms with Gasteiger partial charge in [-0.05, 0) is 77.0 Å². The average molecular weight is 969 g/mol. The van der Waals surface area contributed by atoms with Crippen molar-refractivity contribution in [3.05, 3.63) is 0 Å². The van der Waals surface area contributed by atoms with Crippen molar-refractivity contribution in [2.24, 2.45) is 0 Å². The molecule has 0 bridgehead atoms. The zero-order valence-electron chi connectivity index (χ0n) is 42.0. The zero-order valence-corrected chi connectivity index (χ0v) is 43.7. The van der Waals surface area contributed by atoms with Gasteiger partial charge in [-0.15, -0.1) is 0 Å². The summed E-state index contributed by atoms with van der Waals surface area (Å²) in [5.74, 6) is -0.581. The molecule has 1 aliphatic heterocycles. The van der Waals surface area contributed by atoms with Gasteiger partial charge >= 0.3 is 23.9 Å². The molecule has 3 atom stereocenters. The molecule has 12 heteroatoms. The molecule has 2 saturated carbocycles. The lowest BCUT2D eigenvalue weighted by atomic mass is 9.98. The van der Waals surface area contributed by atoms with E-state index in [9.17, 15) is 19.2 Å². The minimum atomic E-state index is -1.02. The summed E-state index contributed by atoms with van der Waals surface area (Å²) in [6.45, 7) is 4.84. The molecule has 0 radical (unpaired) electrons. The number of carbonyl (C=O) groups excluding carboxylic acids is 3. The van der Waals surface area contributed by atoms with Crippen LogP contribution in [0.25, 0.3) is 0 Å². The first kappa shape index (κ1) is 58.8. The Balaban J connectivity index is 1.47.